The van der Waals surface area contributed by atoms with E-state index in [-0.39, 0.29) is 21.5 Å². The molecule has 0 spiro atoms. The summed E-state index contributed by atoms with van der Waals surface area (Å²) in [5, 5.41) is 20.4. The number of amides is 1. The molecule has 0 radical (unpaired) electrons. The molecule has 29 heavy (non-hydrogen) atoms. The second-order valence-corrected chi connectivity index (χ2v) is 8.65. The first-order valence-electron chi connectivity index (χ1n) is 7.81. The molecule has 156 valence electrons. The highest BCUT2D eigenvalue weighted by atomic mass is 127. The average molecular weight is 665 g/mol. The fourth-order valence-corrected chi connectivity index (χ4v) is 3.61. The van der Waals surface area contributed by atoms with Crippen LogP contribution < -0.4 is 11.1 Å². The lowest BCUT2D eigenvalue weighted by molar-refractivity contribution is -0.114. The average Bonchev–Trinajstić information content (AvgIpc) is 2.66. The van der Waals surface area contributed by atoms with Crippen LogP contribution in [0.25, 0.3) is 0 Å². The van der Waals surface area contributed by atoms with E-state index in [4.69, 9.17) is 39.1 Å². The number of nitrogen functional groups attached to an aromatic ring is 1. The van der Waals surface area contributed by atoms with Gasteiger partial charge in [0.2, 0.25) is 5.91 Å². The van der Waals surface area contributed by atoms with Crippen LogP contribution in [0.5, 0.6) is 0 Å². The summed E-state index contributed by atoms with van der Waals surface area (Å²) in [7, 11) is 0. The van der Waals surface area contributed by atoms with Crippen molar-refractivity contribution in [3.8, 4) is 0 Å². The van der Waals surface area contributed by atoms with Crippen molar-refractivity contribution in [1.82, 2.24) is 0 Å². The van der Waals surface area contributed by atoms with Crippen molar-refractivity contribution in [3.05, 3.63) is 52.6 Å². The Bertz CT molecular complexity index is 954. The largest absolute Gasteiger partial charge is 0.398 e. The van der Waals surface area contributed by atoms with Crippen LogP contribution >= 0.6 is 68.4 Å². The molecule has 11 heteroatoms. The molecule has 0 heterocycles. The van der Waals surface area contributed by atoms with E-state index in [0.717, 1.165) is 3.57 Å². The third kappa shape index (κ3) is 7.64. The number of hydrogen-bond acceptors (Lipinski definition) is 6. The number of halogens is 4. The van der Waals surface area contributed by atoms with Gasteiger partial charge in [0, 0.05) is 30.9 Å². The first-order valence-corrected chi connectivity index (χ1v) is 10.7. The van der Waals surface area contributed by atoms with Gasteiger partial charge in [0.1, 0.15) is 13.2 Å². The summed E-state index contributed by atoms with van der Waals surface area (Å²) >= 11 is 15.6. The van der Waals surface area contributed by atoms with Crippen LogP contribution in [-0.2, 0) is 4.79 Å². The van der Waals surface area contributed by atoms with E-state index in [1.807, 2.05) is 45.2 Å². The predicted octanol–water partition coefficient (Wildman–Crippen LogP) is 3.78. The van der Waals surface area contributed by atoms with Gasteiger partial charge in [-0.15, -0.1) is 0 Å². The van der Waals surface area contributed by atoms with Crippen LogP contribution in [-0.4, -0.2) is 40.9 Å². The number of aliphatic hydroxyl groups excluding tert-OH is 2. The maximum atomic E-state index is 11.3. The number of nitrogens with two attached hydrogens (primary N) is 1. The third-order valence-corrected chi connectivity index (χ3v) is 5.79. The number of ketones is 2. The monoisotopic (exact) mass is 664 g/mol. The normalized spacial score (nSPS) is 10.0. The first-order chi connectivity index (χ1) is 13.5. The lowest BCUT2D eigenvalue weighted by Crippen LogP contribution is -2.10. The number of benzene rings is 2. The Kier molecular flexibility index (Phi) is 10.8. The third-order valence-electron chi connectivity index (χ3n) is 3.34. The summed E-state index contributed by atoms with van der Waals surface area (Å²) in [6.07, 6.45) is 0. The summed E-state index contributed by atoms with van der Waals surface area (Å²) < 4.78 is 1.44. The highest BCUT2D eigenvalue weighted by Gasteiger charge is 2.13. The van der Waals surface area contributed by atoms with Crippen molar-refractivity contribution in [1.29, 1.82) is 0 Å². The number of Topliss-reactive ketones (excluding diaryl/α,β-unsaturated/α-hetero) is 2. The predicted molar refractivity (Wildman–Crippen MR) is 130 cm³/mol. The van der Waals surface area contributed by atoms with Crippen LogP contribution in [0.1, 0.15) is 27.6 Å². The number of aliphatic hydroxyl groups is 2. The highest BCUT2D eigenvalue weighted by molar-refractivity contribution is 14.1. The molecule has 0 unspecified atom stereocenters. The molecule has 1 amide bonds. The lowest BCUT2D eigenvalue weighted by Gasteiger charge is -2.08. The van der Waals surface area contributed by atoms with E-state index < -0.39 is 24.8 Å². The molecule has 0 aliphatic rings. The topological polar surface area (TPSA) is 130 Å². The molecule has 2 aromatic rings. The lowest BCUT2D eigenvalue weighted by atomic mass is 10.1. The number of rotatable bonds is 5. The van der Waals surface area contributed by atoms with Gasteiger partial charge in [-0.2, -0.15) is 0 Å². The first kappa shape index (κ1) is 26.0. The highest BCUT2D eigenvalue weighted by Crippen LogP contribution is 2.27. The Morgan fingerprint density at radius 3 is 1.83 bits per heavy atom. The molecule has 7 nitrogen and oxygen atoms in total. The summed E-state index contributed by atoms with van der Waals surface area (Å²) in [6.45, 7) is 0.256. The van der Waals surface area contributed by atoms with Gasteiger partial charge in [-0.1, -0.05) is 23.2 Å². The number of hydrogen-bond donors (Lipinski definition) is 4. The van der Waals surface area contributed by atoms with E-state index in [2.05, 4.69) is 5.32 Å². The van der Waals surface area contributed by atoms with Crippen LogP contribution in [0.15, 0.2) is 24.3 Å². The van der Waals surface area contributed by atoms with Gasteiger partial charge in [0.05, 0.1) is 15.7 Å². The zero-order valence-electron chi connectivity index (χ0n) is 14.9. The second-order valence-electron chi connectivity index (χ2n) is 5.51. The summed E-state index contributed by atoms with van der Waals surface area (Å²) in [5.41, 5.74) is 7.20. The van der Waals surface area contributed by atoms with Crippen molar-refractivity contribution in [3.63, 3.8) is 0 Å². The fraction of sp³-hybridized carbons (Fsp3) is 0.167. The molecule has 0 aliphatic heterocycles. The van der Waals surface area contributed by atoms with E-state index in [1.54, 1.807) is 6.07 Å². The molecule has 0 saturated heterocycles. The number of carbonyl (C=O) groups is 3. The molecular formula is C18H16Cl2I2N2O5. The number of anilines is 2. The van der Waals surface area contributed by atoms with Gasteiger partial charge in [-0.3, -0.25) is 14.4 Å². The molecule has 0 aromatic heterocycles. The molecule has 2 aromatic carbocycles. The van der Waals surface area contributed by atoms with E-state index in [0.29, 0.717) is 20.5 Å². The zero-order valence-corrected chi connectivity index (χ0v) is 20.8. The van der Waals surface area contributed by atoms with E-state index >= 15 is 0 Å². The van der Waals surface area contributed by atoms with Crippen LogP contribution in [0, 0.1) is 7.14 Å². The van der Waals surface area contributed by atoms with Gasteiger partial charge >= 0.3 is 0 Å². The minimum absolute atomic E-state index is 0.211. The molecule has 0 fully saturated rings. The molecule has 0 aliphatic carbocycles. The van der Waals surface area contributed by atoms with Gasteiger partial charge in [0.15, 0.2) is 11.6 Å². The van der Waals surface area contributed by atoms with Gasteiger partial charge in [-0.05, 0) is 69.4 Å². The molecular weight excluding hydrogens is 649 g/mol. The Morgan fingerprint density at radius 2 is 1.38 bits per heavy atom. The molecule has 0 atom stereocenters. The quantitative estimate of drug-likeness (QED) is 0.219. The Labute approximate surface area is 204 Å². The maximum absolute atomic E-state index is 11.3. The second kappa shape index (κ2) is 12.0. The standard InChI is InChI=1S/C10H9ClINO3.C8H7ClINO2/c1-5(15)13-9-3-7(11)6(2-8(9)12)10(16)4-14;9-5-2-7(11)6(10)1-4(5)8(13)3-12/h2-3,14H,4H2,1H3,(H,13,15);1-2,12H,3,11H2. The van der Waals surface area contributed by atoms with Crippen LogP contribution in [0.3, 0.4) is 0 Å². The van der Waals surface area contributed by atoms with Crippen molar-refractivity contribution in [2.45, 2.75) is 6.92 Å². The van der Waals surface area contributed by atoms with Crippen LogP contribution in [0.2, 0.25) is 10.0 Å². The van der Waals surface area contributed by atoms with E-state index in [1.165, 1.54) is 25.1 Å². The molecule has 0 saturated carbocycles. The van der Waals surface area contributed by atoms with Gasteiger partial charge < -0.3 is 21.3 Å². The van der Waals surface area contributed by atoms with Crippen molar-refractivity contribution in [2.75, 3.05) is 24.3 Å². The van der Waals surface area contributed by atoms with Crippen molar-refractivity contribution in [2.24, 2.45) is 0 Å². The minimum atomic E-state index is -0.588. The maximum Gasteiger partial charge on any atom is 0.221 e. The summed E-state index contributed by atoms with van der Waals surface area (Å²) in [4.78, 5) is 33.3. The fourth-order valence-electron chi connectivity index (χ4n) is 1.99. The van der Waals surface area contributed by atoms with Gasteiger partial charge in [0.25, 0.3) is 0 Å². The summed E-state index contributed by atoms with van der Waals surface area (Å²) in [6, 6.07) is 6.10. The SMILES string of the molecule is CC(=O)Nc1cc(Cl)c(C(=O)CO)cc1I.Nc1cc(Cl)c(C(=O)CO)cc1I. The smallest absolute Gasteiger partial charge is 0.221 e. The van der Waals surface area contributed by atoms with Crippen molar-refractivity contribution >= 4 is 97.2 Å². The Morgan fingerprint density at radius 1 is 0.931 bits per heavy atom. The van der Waals surface area contributed by atoms with Crippen LogP contribution in [0.4, 0.5) is 11.4 Å². The van der Waals surface area contributed by atoms with Crippen molar-refractivity contribution < 1.29 is 24.6 Å². The molecule has 0 bridgehead atoms. The van der Waals surface area contributed by atoms with Gasteiger partial charge in [-0.25, -0.2) is 0 Å². The zero-order chi connectivity index (χ0) is 22.3. The minimum Gasteiger partial charge on any atom is -0.398 e. The summed E-state index contributed by atoms with van der Waals surface area (Å²) in [5.74, 6) is -1.06. The Balaban J connectivity index is 0.000000296. The molecule has 2 rings (SSSR count). The van der Waals surface area contributed by atoms with E-state index in [9.17, 15) is 14.4 Å². The molecule has 5 N–H and O–H groups in total. The number of nitrogens with one attached hydrogen (secondary N) is 1. The number of carbonyl (C=O) groups excluding carboxylic acids is 3. The Hall–Kier alpha value is -0.990.